The van der Waals surface area contributed by atoms with E-state index in [2.05, 4.69) is 34.3 Å². The number of hydrogen-bond acceptors (Lipinski definition) is 4. The van der Waals surface area contributed by atoms with Crippen LogP contribution in [0.2, 0.25) is 0 Å². The number of carbonyl (C=O) groups is 1. The Hall–Kier alpha value is -3.15. The summed E-state index contributed by atoms with van der Waals surface area (Å²) in [5.74, 6) is -0.00264. The highest BCUT2D eigenvalue weighted by atomic mass is 16.2. The van der Waals surface area contributed by atoms with Gasteiger partial charge >= 0.3 is 0 Å². The van der Waals surface area contributed by atoms with Crippen molar-refractivity contribution in [2.75, 3.05) is 19.0 Å². The SMILES string of the molecule is Cc1ccccc1Cn1cc(C2N(C)C(=O)c3ccccc3N2C)nn1. The molecule has 6 heteroatoms. The topological polar surface area (TPSA) is 54.3 Å². The highest BCUT2D eigenvalue weighted by Crippen LogP contribution is 2.35. The summed E-state index contributed by atoms with van der Waals surface area (Å²) >= 11 is 0. The first-order valence-electron chi connectivity index (χ1n) is 8.60. The number of hydrogen-bond donors (Lipinski definition) is 0. The van der Waals surface area contributed by atoms with Crippen LogP contribution in [0.1, 0.15) is 33.3 Å². The van der Waals surface area contributed by atoms with E-state index < -0.39 is 0 Å². The molecule has 4 rings (SSSR count). The lowest BCUT2D eigenvalue weighted by Crippen LogP contribution is -2.45. The highest BCUT2D eigenvalue weighted by molar-refractivity contribution is 6.01. The molecule has 0 N–H and O–H groups in total. The molecule has 0 saturated heterocycles. The Bertz CT molecular complexity index is 964. The number of rotatable bonds is 3. The number of aryl methyl sites for hydroxylation is 1. The van der Waals surface area contributed by atoms with Gasteiger partial charge in [0.15, 0.2) is 6.17 Å². The van der Waals surface area contributed by atoms with E-state index in [-0.39, 0.29) is 12.1 Å². The third-order valence-electron chi connectivity index (χ3n) is 4.98. The summed E-state index contributed by atoms with van der Waals surface area (Å²) in [6.07, 6.45) is 1.65. The first-order chi connectivity index (χ1) is 12.6. The van der Waals surface area contributed by atoms with Gasteiger partial charge in [0.05, 0.1) is 24.0 Å². The zero-order chi connectivity index (χ0) is 18.3. The number of para-hydroxylation sites is 1. The molecule has 0 saturated carbocycles. The molecular weight excluding hydrogens is 326 g/mol. The number of nitrogens with zero attached hydrogens (tertiary/aromatic N) is 5. The second-order valence-electron chi connectivity index (χ2n) is 6.69. The highest BCUT2D eigenvalue weighted by Gasteiger charge is 2.35. The van der Waals surface area contributed by atoms with Crippen LogP contribution in [0.5, 0.6) is 0 Å². The zero-order valence-corrected chi connectivity index (χ0v) is 15.1. The number of amides is 1. The number of aromatic nitrogens is 3. The maximum absolute atomic E-state index is 12.7. The standard InChI is InChI=1S/C20H21N5O/c1-14-8-4-5-9-15(14)12-25-13-17(21-22-25)19-23(2)18-11-7-6-10-16(18)20(26)24(19)3/h4-11,13,19H,12H2,1-3H3. The molecule has 2 heterocycles. The van der Waals surface area contributed by atoms with Gasteiger partial charge in [-0.25, -0.2) is 4.68 Å². The normalized spacial score (nSPS) is 16.7. The molecule has 0 bridgehead atoms. The van der Waals surface area contributed by atoms with Crippen molar-refractivity contribution in [2.24, 2.45) is 0 Å². The molecular formula is C20H21N5O. The molecule has 1 atom stereocenters. The fourth-order valence-corrected chi connectivity index (χ4v) is 3.52. The fourth-order valence-electron chi connectivity index (χ4n) is 3.52. The van der Waals surface area contributed by atoms with Gasteiger partial charge in [0.2, 0.25) is 0 Å². The maximum atomic E-state index is 12.7. The van der Waals surface area contributed by atoms with Crippen molar-refractivity contribution in [1.29, 1.82) is 0 Å². The second kappa shape index (κ2) is 6.29. The minimum Gasteiger partial charge on any atom is -0.348 e. The molecule has 0 fully saturated rings. The Morgan fingerprint density at radius 2 is 1.73 bits per heavy atom. The quantitative estimate of drug-likeness (QED) is 0.731. The Kier molecular flexibility index (Phi) is 3.95. The molecule has 1 aromatic heterocycles. The Labute approximate surface area is 152 Å². The molecule has 26 heavy (non-hydrogen) atoms. The van der Waals surface area contributed by atoms with Crippen molar-refractivity contribution < 1.29 is 4.79 Å². The van der Waals surface area contributed by atoms with Crippen molar-refractivity contribution in [2.45, 2.75) is 19.6 Å². The van der Waals surface area contributed by atoms with Crippen molar-refractivity contribution in [3.8, 4) is 0 Å². The molecule has 3 aromatic rings. The molecule has 132 valence electrons. The van der Waals surface area contributed by atoms with Crippen LogP contribution in [0.4, 0.5) is 5.69 Å². The Balaban J connectivity index is 1.65. The van der Waals surface area contributed by atoms with Crippen LogP contribution in [-0.4, -0.2) is 39.9 Å². The largest absolute Gasteiger partial charge is 0.348 e. The van der Waals surface area contributed by atoms with E-state index in [1.54, 1.807) is 11.9 Å². The lowest BCUT2D eigenvalue weighted by Gasteiger charge is -2.40. The lowest BCUT2D eigenvalue weighted by molar-refractivity contribution is 0.0707. The summed E-state index contributed by atoms with van der Waals surface area (Å²) in [5, 5.41) is 8.63. The van der Waals surface area contributed by atoms with E-state index in [0.717, 1.165) is 11.4 Å². The summed E-state index contributed by atoms with van der Waals surface area (Å²) in [6, 6.07) is 15.9. The smallest absolute Gasteiger partial charge is 0.257 e. The average molecular weight is 347 g/mol. The molecule has 1 aliphatic heterocycles. The monoisotopic (exact) mass is 347 g/mol. The Morgan fingerprint density at radius 1 is 1.00 bits per heavy atom. The molecule has 1 amide bonds. The summed E-state index contributed by atoms with van der Waals surface area (Å²) in [5.41, 5.74) is 4.80. The number of benzene rings is 2. The van der Waals surface area contributed by atoms with Gasteiger partial charge in [-0.05, 0) is 30.2 Å². The molecule has 1 aliphatic rings. The van der Waals surface area contributed by atoms with Crippen LogP contribution in [0.3, 0.4) is 0 Å². The van der Waals surface area contributed by atoms with Crippen LogP contribution in [-0.2, 0) is 6.54 Å². The summed E-state index contributed by atoms with van der Waals surface area (Å²) < 4.78 is 1.82. The first-order valence-corrected chi connectivity index (χ1v) is 8.60. The molecule has 1 unspecified atom stereocenters. The van der Waals surface area contributed by atoms with Gasteiger partial charge in [-0.3, -0.25) is 4.79 Å². The van der Waals surface area contributed by atoms with Crippen LogP contribution in [0.25, 0.3) is 0 Å². The number of anilines is 1. The van der Waals surface area contributed by atoms with Gasteiger partial charge in [-0.1, -0.05) is 41.6 Å². The van der Waals surface area contributed by atoms with E-state index in [9.17, 15) is 4.79 Å². The lowest BCUT2D eigenvalue weighted by atomic mass is 10.1. The van der Waals surface area contributed by atoms with Gasteiger partial charge < -0.3 is 9.80 Å². The molecule has 2 aromatic carbocycles. The van der Waals surface area contributed by atoms with Gasteiger partial charge in [-0.15, -0.1) is 5.10 Å². The van der Waals surface area contributed by atoms with Gasteiger partial charge in [0, 0.05) is 14.1 Å². The van der Waals surface area contributed by atoms with Crippen molar-refractivity contribution in [3.05, 3.63) is 77.1 Å². The minimum absolute atomic E-state index is 0.00264. The van der Waals surface area contributed by atoms with Crippen LogP contribution < -0.4 is 4.90 Å². The average Bonchev–Trinajstić information content (AvgIpc) is 3.10. The van der Waals surface area contributed by atoms with E-state index >= 15 is 0 Å². The fraction of sp³-hybridized carbons (Fsp3) is 0.250. The minimum atomic E-state index is -0.275. The van der Waals surface area contributed by atoms with E-state index in [4.69, 9.17) is 0 Å². The molecule has 0 spiro atoms. The van der Waals surface area contributed by atoms with Gasteiger partial charge in [-0.2, -0.15) is 0 Å². The molecule has 0 aliphatic carbocycles. The summed E-state index contributed by atoms with van der Waals surface area (Å²) in [4.78, 5) is 16.5. The Morgan fingerprint density at radius 3 is 2.54 bits per heavy atom. The van der Waals surface area contributed by atoms with Crippen molar-refractivity contribution in [3.63, 3.8) is 0 Å². The molecule has 0 radical (unpaired) electrons. The van der Waals surface area contributed by atoms with Crippen molar-refractivity contribution >= 4 is 11.6 Å². The first kappa shape index (κ1) is 16.3. The predicted octanol–water partition coefficient (Wildman–Crippen LogP) is 2.86. The van der Waals surface area contributed by atoms with E-state index in [1.165, 1.54) is 11.1 Å². The van der Waals surface area contributed by atoms with Crippen molar-refractivity contribution in [1.82, 2.24) is 19.9 Å². The predicted molar refractivity (Wildman–Crippen MR) is 100.0 cm³/mol. The van der Waals surface area contributed by atoms with Crippen LogP contribution in [0.15, 0.2) is 54.7 Å². The van der Waals surface area contributed by atoms with Gasteiger partial charge in [0.1, 0.15) is 5.69 Å². The van der Waals surface area contributed by atoms with Gasteiger partial charge in [0.25, 0.3) is 5.91 Å². The second-order valence-corrected chi connectivity index (χ2v) is 6.69. The van der Waals surface area contributed by atoms with Crippen LogP contribution in [0, 0.1) is 6.92 Å². The van der Waals surface area contributed by atoms with E-state index in [1.807, 2.05) is 54.3 Å². The van der Waals surface area contributed by atoms with Crippen LogP contribution >= 0.6 is 0 Å². The summed E-state index contributed by atoms with van der Waals surface area (Å²) in [7, 11) is 3.78. The number of carbonyl (C=O) groups excluding carboxylic acids is 1. The number of fused-ring (bicyclic) bond motifs is 1. The zero-order valence-electron chi connectivity index (χ0n) is 15.1. The third kappa shape index (κ3) is 2.63. The molecule has 6 nitrogen and oxygen atoms in total. The maximum Gasteiger partial charge on any atom is 0.257 e. The third-order valence-corrected chi connectivity index (χ3v) is 4.98. The summed E-state index contributed by atoms with van der Waals surface area (Å²) in [6.45, 7) is 2.75. The van der Waals surface area contributed by atoms with E-state index in [0.29, 0.717) is 12.1 Å².